The summed E-state index contributed by atoms with van der Waals surface area (Å²) in [5.74, 6) is 2.12. The summed E-state index contributed by atoms with van der Waals surface area (Å²) in [5.41, 5.74) is 2.14. The quantitative estimate of drug-likeness (QED) is 0.866. The van der Waals surface area contributed by atoms with Gasteiger partial charge < -0.3 is 10.2 Å². The Bertz CT molecular complexity index is 402. The highest BCUT2D eigenvalue weighted by atomic mass is 32.2. The molecule has 17 heavy (non-hydrogen) atoms. The van der Waals surface area contributed by atoms with E-state index in [0.717, 1.165) is 23.7 Å². The molecule has 1 aromatic rings. The summed E-state index contributed by atoms with van der Waals surface area (Å²) >= 11 is 1.84. The molecule has 1 heterocycles. The van der Waals surface area contributed by atoms with Crippen molar-refractivity contribution in [1.82, 2.24) is 5.32 Å². The molecule has 1 unspecified atom stereocenters. The van der Waals surface area contributed by atoms with Crippen LogP contribution in [0.5, 0.6) is 0 Å². The van der Waals surface area contributed by atoms with Crippen molar-refractivity contribution in [3.8, 4) is 0 Å². The highest BCUT2D eigenvalue weighted by Gasteiger charge is 2.24. The van der Waals surface area contributed by atoms with Crippen molar-refractivity contribution in [3.63, 3.8) is 0 Å². The number of hydrogen-bond acceptors (Lipinski definition) is 3. The van der Waals surface area contributed by atoms with Crippen molar-refractivity contribution in [3.05, 3.63) is 29.8 Å². The molecule has 0 aromatic heterocycles. The van der Waals surface area contributed by atoms with E-state index >= 15 is 0 Å². The van der Waals surface area contributed by atoms with E-state index in [0.29, 0.717) is 0 Å². The molecule has 1 amide bonds. The number of carbonyl (C=O) groups excluding carboxylic acids is 1. The van der Waals surface area contributed by atoms with Gasteiger partial charge in [0.1, 0.15) is 0 Å². The second-order valence-electron chi connectivity index (χ2n) is 4.32. The third-order valence-corrected chi connectivity index (χ3v) is 4.00. The monoisotopic (exact) mass is 250 g/mol. The number of anilines is 1. The van der Waals surface area contributed by atoms with E-state index in [4.69, 9.17) is 0 Å². The minimum atomic E-state index is -0.0423. The molecule has 0 radical (unpaired) electrons. The predicted molar refractivity (Wildman–Crippen MR) is 73.7 cm³/mol. The molecule has 1 aliphatic heterocycles. The van der Waals surface area contributed by atoms with Crippen molar-refractivity contribution in [1.29, 1.82) is 0 Å². The van der Waals surface area contributed by atoms with Gasteiger partial charge in [-0.25, -0.2) is 0 Å². The molecule has 1 fully saturated rings. The zero-order chi connectivity index (χ0) is 12.3. The number of benzene rings is 1. The first-order valence-electron chi connectivity index (χ1n) is 5.84. The first-order chi connectivity index (χ1) is 8.18. The average Bonchev–Trinajstić information content (AvgIpc) is 2.38. The van der Waals surface area contributed by atoms with Gasteiger partial charge in [-0.1, -0.05) is 12.1 Å². The molecular weight excluding hydrogens is 232 g/mol. The van der Waals surface area contributed by atoms with Crippen molar-refractivity contribution in [2.45, 2.75) is 13.0 Å². The van der Waals surface area contributed by atoms with Crippen LogP contribution in [0.3, 0.4) is 0 Å². The first-order valence-corrected chi connectivity index (χ1v) is 6.99. The number of hydrogen-bond donors (Lipinski definition) is 1. The Morgan fingerprint density at radius 1 is 1.53 bits per heavy atom. The number of thioether (sulfide) groups is 1. The van der Waals surface area contributed by atoms with Crippen molar-refractivity contribution >= 4 is 23.4 Å². The van der Waals surface area contributed by atoms with Crippen LogP contribution in [-0.2, 0) is 4.79 Å². The van der Waals surface area contributed by atoms with Gasteiger partial charge in [-0.2, -0.15) is 11.8 Å². The zero-order valence-electron chi connectivity index (χ0n) is 10.3. The summed E-state index contributed by atoms with van der Waals surface area (Å²) in [5, 5.41) is 3.27. The smallest absolute Gasteiger partial charge is 0.244 e. The molecule has 1 N–H and O–H groups in total. The summed E-state index contributed by atoms with van der Waals surface area (Å²) in [6, 6.07) is 7.99. The molecule has 0 bridgehead atoms. The van der Waals surface area contributed by atoms with Crippen LogP contribution in [0.15, 0.2) is 24.3 Å². The van der Waals surface area contributed by atoms with E-state index in [2.05, 4.69) is 5.32 Å². The Kier molecular flexibility index (Phi) is 4.07. The van der Waals surface area contributed by atoms with Gasteiger partial charge in [-0.15, -0.1) is 0 Å². The van der Waals surface area contributed by atoms with Crippen molar-refractivity contribution < 1.29 is 4.79 Å². The molecular formula is C13H18N2OS. The Morgan fingerprint density at radius 3 is 3.00 bits per heavy atom. The van der Waals surface area contributed by atoms with Gasteiger partial charge >= 0.3 is 0 Å². The lowest BCUT2D eigenvalue weighted by Gasteiger charge is -2.27. The first kappa shape index (κ1) is 12.5. The zero-order valence-corrected chi connectivity index (χ0v) is 11.1. The Morgan fingerprint density at radius 2 is 2.35 bits per heavy atom. The lowest BCUT2D eigenvalue weighted by atomic mass is 10.2. The highest BCUT2D eigenvalue weighted by Crippen LogP contribution is 2.17. The summed E-state index contributed by atoms with van der Waals surface area (Å²) in [7, 11) is 1.85. The van der Waals surface area contributed by atoms with Crippen LogP contribution in [0.1, 0.15) is 5.56 Å². The molecule has 1 saturated heterocycles. The molecule has 3 nitrogen and oxygen atoms in total. The van der Waals surface area contributed by atoms with E-state index < -0.39 is 0 Å². The second kappa shape index (κ2) is 5.56. The van der Waals surface area contributed by atoms with E-state index in [1.165, 1.54) is 5.56 Å². The van der Waals surface area contributed by atoms with Gasteiger partial charge in [0.25, 0.3) is 0 Å². The van der Waals surface area contributed by atoms with E-state index in [1.807, 2.05) is 50.0 Å². The van der Waals surface area contributed by atoms with Crippen LogP contribution in [0.25, 0.3) is 0 Å². The van der Waals surface area contributed by atoms with E-state index in [9.17, 15) is 4.79 Å². The van der Waals surface area contributed by atoms with Crippen molar-refractivity contribution in [2.75, 3.05) is 30.0 Å². The number of nitrogens with one attached hydrogen (secondary N) is 1. The van der Waals surface area contributed by atoms with Crippen LogP contribution in [-0.4, -0.2) is 37.0 Å². The van der Waals surface area contributed by atoms with E-state index in [-0.39, 0.29) is 11.9 Å². The maximum atomic E-state index is 12.3. The van der Waals surface area contributed by atoms with Crippen LogP contribution in [0.2, 0.25) is 0 Å². The van der Waals surface area contributed by atoms with Crippen LogP contribution in [0.4, 0.5) is 5.69 Å². The molecule has 1 aliphatic rings. The topological polar surface area (TPSA) is 32.3 Å². The van der Waals surface area contributed by atoms with Crippen LogP contribution >= 0.6 is 11.8 Å². The average molecular weight is 250 g/mol. The highest BCUT2D eigenvalue weighted by molar-refractivity contribution is 7.99. The summed E-state index contributed by atoms with van der Waals surface area (Å²) in [4.78, 5) is 14.0. The fraction of sp³-hybridized carbons (Fsp3) is 0.462. The fourth-order valence-electron chi connectivity index (χ4n) is 1.92. The molecule has 0 spiro atoms. The Balaban J connectivity index is 2.08. The van der Waals surface area contributed by atoms with Gasteiger partial charge in [0.05, 0.1) is 6.04 Å². The normalized spacial score (nSPS) is 20.0. The molecule has 4 heteroatoms. The van der Waals surface area contributed by atoms with Gasteiger partial charge in [-0.05, 0) is 24.6 Å². The van der Waals surface area contributed by atoms with E-state index in [1.54, 1.807) is 4.90 Å². The Labute approximate surface area is 107 Å². The number of rotatable bonds is 2. The van der Waals surface area contributed by atoms with Gasteiger partial charge in [0.15, 0.2) is 0 Å². The number of likely N-dealkylation sites (N-methyl/N-ethyl adjacent to an activating group) is 1. The minimum Gasteiger partial charge on any atom is -0.314 e. The summed E-state index contributed by atoms with van der Waals surface area (Å²) < 4.78 is 0. The lowest BCUT2D eigenvalue weighted by Crippen LogP contribution is -2.49. The standard InChI is InChI=1S/C13H18N2OS/c1-10-4-3-5-11(8-10)15(2)13(16)12-9-17-7-6-14-12/h3-5,8,12,14H,6-7,9H2,1-2H3. The second-order valence-corrected chi connectivity index (χ2v) is 5.47. The lowest BCUT2D eigenvalue weighted by molar-refractivity contribution is -0.119. The molecule has 1 atom stereocenters. The maximum absolute atomic E-state index is 12.3. The largest absolute Gasteiger partial charge is 0.314 e. The van der Waals surface area contributed by atoms with Gasteiger partial charge in [-0.3, -0.25) is 4.79 Å². The number of amides is 1. The molecule has 1 aromatic carbocycles. The van der Waals surface area contributed by atoms with Gasteiger partial charge in [0, 0.05) is 30.8 Å². The predicted octanol–water partition coefficient (Wildman–Crippen LogP) is 1.66. The third-order valence-electron chi connectivity index (χ3n) is 2.94. The summed E-state index contributed by atoms with van der Waals surface area (Å²) in [6.07, 6.45) is 0. The molecule has 0 saturated carbocycles. The minimum absolute atomic E-state index is 0.0423. The Hall–Kier alpha value is -1.00. The summed E-state index contributed by atoms with van der Waals surface area (Å²) in [6.45, 7) is 2.96. The molecule has 2 rings (SSSR count). The third kappa shape index (κ3) is 3.01. The molecule has 92 valence electrons. The fourth-order valence-corrected chi connectivity index (χ4v) is 2.85. The maximum Gasteiger partial charge on any atom is 0.244 e. The van der Waals surface area contributed by atoms with Crippen LogP contribution < -0.4 is 10.2 Å². The SMILES string of the molecule is Cc1cccc(N(C)C(=O)C2CSCCN2)c1. The number of aryl methyl sites for hydroxylation is 1. The van der Waals surface area contributed by atoms with Crippen molar-refractivity contribution in [2.24, 2.45) is 0 Å². The number of nitrogens with zero attached hydrogens (tertiary/aromatic N) is 1. The van der Waals surface area contributed by atoms with Gasteiger partial charge in [0.2, 0.25) is 5.91 Å². The number of carbonyl (C=O) groups is 1. The van der Waals surface area contributed by atoms with Crippen LogP contribution in [0, 0.1) is 6.92 Å². The molecule has 0 aliphatic carbocycles.